The van der Waals surface area contributed by atoms with Gasteiger partial charge in [-0.3, -0.25) is 9.10 Å². The first kappa shape index (κ1) is 25.8. The van der Waals surface area contributed by atoms with Crippen molar-refractivity contribution >= 4 is 51.0 Å². The van der Waals surface area contributed by atoms with Crippen LogP contribution >= 0.6 is 23.2 Å². The van der Waals surface area contributed by atoms with Crippen molar-refractivity contribution in [1.29, 1.82) is 0 Å². The van der Waals surface area contributed by atoms with Crippen LogP contribution < -0.4 is 9.73 Å². The van der Waals surface area contributed by atoms with Crippen molar-refractivity contribution in [3.8, 4) is 5.69 Å². The van der Waals surface area contributed by atoms with Crippen molar-refractivity contribution in [3.63, 3.8) is 0 Å². The molecule has 0 radical (unpaired) electrons. The molecule has 0 spiro atoms. The zero-order chi connectivity index (χ0) is 25.0. The molecule has 3 aromatic rings. The van der Waals surface area contributed by atoms with E-state index in [4.69, 9.17) is 23.2 Å². The third-order valence-corrected chi connectivity index (χ3v) is 7.02. The predicted molar refractivity (Wildman–Crippen MR) is 139 cm³/mol. The molecule has 1 N–H and O–H groups in total. The number of benzene rings is 2. The Morgan fingerprint density at radius 1 is 1.15 bits per heavy atom. The normalized spacial score (nSPS) is 11.7. The van der Waals surface area contributed by atoms with E-state index in [-0.39, 0.29) is 6.54 Å². The first-order chi connectivity index (χ1) is 16.0. The Morgan fingerprint density at radius 3 is 2.53 bits per heavy atom. The Morgan fingerprint density at radius 2 is 1.85 bits per heavy atom. The number of halogens is 2. The number of para-hydroxylation sites is 1. The monoisotopic (exact) mass is 520 g/mol. The molecule has 1 amide bonds. The van der Waals surface area contributed by atoms with Crippen LogP contribution in [0.25, 0.3) is 5.69 Å². The average Bonchev–Trinajstić information content (AvgIpc) is 3.06. The van der Waals surface area contributed by atoms with E-state index < -0.39 is 15.9 Å². The van der Waals surface area contributed by atoms with Gasteiger partial charge in [-0.05, 0) is 56.2 Å². The third kappa shape index (κ3) is 5.81. The third-order valence-electron chi connectivity index (χ3n) is 5.34. The molecule has 1 heterocycles. The quantitative estimate of drug-likeness (QED) is 0.339. The Bertz CT molecular complexity index is 1350. The Kier molecular flexibility index (Phi) is 8.07. The predicted octanol–water partition coefficient (Wildman–Crippen LogP) is 4.88. The number of hydrogen-bond acceptors (Lipinski definition) is 4. The fraction of sp³-hybridized carbons (Fsp3) is 0.250. The summed E-state index contributed by atoms with van der Waals surface area (Å²) in [7, 11) is -3.68. The zero-order valence-corrected chi connectivity index (χ0v) is 21.7. The first-order valence-electron chi connectivity index (χ1n) is 10.5. The minimum Gasteiger partial charge on any atom is -0.316 e. The number of sulfonamides is 1. The van der Waals surface area contributed by atoms with Crippen LogP contribution in [0.2, 0.25) is 10.0 Å². The Hall–Kier alpha value is -2.81. The molecule has 0 aliphatic rings. The Balaban J connectivity index is 1.79. The lowest BCUT2D eigenvalue weighted by atomic mass is 10.1. The highest BCUT2D eigenvalue weighted by molar-refractivity contribution is 7.92. The molecule has 0 fully saturated rings. The molecular weight excluding hydrogens is 495 g/mol. The van der Waals surface area contributed by atoms with Crippen LogP contribution in [0.15, 0.2) is 53.6 Å². The van der Waals surface area contributed by atoms with E-state index in [0.29, 0.717) is 22.2 Å². The minimum absolute atomic E-state index is 0.385. The summed E-state index contributed by atoms with van der Waals surface area (Å²) in [6, 6.07) is 14.2. The maximum absolute atomic E-state index is 12.6. The molecule has 0 atom stereocenters. The smallest absolute Gasteiger partial charge is 0.260 e. The summed E-state index contributed by atoms with van der Waals surface area (Å²) >= 11 is 12.5. The number of anilines is 1. The highest BCUT2D eigenvalue weighted by Gasteiger charge is 2.22. The number of hydrazone groups is 1. The summed E-state index contributed by atoms with van der Waals surface area (Å²) in [5.41, 5.74) is 7.01. The molecule has 34 heavy (non-hydrogen) atoms. The second kappa shape index (κ2) is 10.6. The molecule has 0 aliphatic heterocycles. The number of rotatable bonds is 8. The maximum Gasteiger partial charge on any atom is 0.260 e. The lowest BCUT2D eigenvalue weighted by molar-refractivity contribution is -0.119. The van der Waals surface area contributed by atoms with E-state index in [1.807, 2.05) is 43.5 Å². The molecule has 10 heteroatoms. The summed E-state index contributed by atoms with van der Waals surface area (Å²) in [6.45, 7) is 5.37. The lowest BCUT2D eigenvalue weighted by Gasteiger charge is -2.23. The number of nitrogens with zero attached hydrogens (tertiary/aromatic N) is 3. The van der Waals surface area contributed by atoms with Crippen LogP contribution in [-0.2, 0) is 21.2 Å². The van der Waals surface area contributed by atoms with Gasteiger partial charge in [-0.1, -0.05) is 48.3 Å². The SMILES string of the molecule is CCc1ccccc1N(CC(=O)N/N=C/c1cc(C)n(-c2cc(Cl)ccc2Cl)c1C)S(C)(=O)=O. The van der Waals surface area contributed by atoms with Gasteiger partial charge in [-0.15, -0.1) is 0 Å². The van der Waals surface area contributed by atoms with Gasteiger partial charge in [-0.2, -0.15) is 5.10 Å². The van der Waals surface area contributed by atoms with Crippen molar-refractivity contribution in [3.05, 3.63) is 81.1 Å². The van der Waals surface area contributed by atoms with Crippen LogP contribution in [0.4, 0.5) is 5.69 Å². The molecule has 0 unspecified atom stereocenters. The van der Waals surface area contributed by atoms with E-state index >= 15 is 0 Å². The molecule has 1 aromatic heterocycles. The van der Waals surface area contributed by atoms with Crippen LogP contribution in [0, 0.1) is 13.8 Å². The zero-order valence-electron chi connectivity index (χ0n) is 19.3. The highest BCUT2D eigenvalue weighted by atomic mass is 35.5. The number of amides is 1. The van der Waals surface area contributed by atoms with Crippen LogP contribution in [0.3, 0.4) is 0 Å². The van der Waals surface area contributed by atoms with Gasteiger partial charge in [0.05, 0.1) is 28.9 Å². The largest absolute Gasteiger partial charge is 0.316 e. The van der Waals surface area contributed by atoms with Crippen LogP contribution in [0.5, 0.6) is 0 Å². The number of nitrogens with one attached hydrogen (secondary N) is 1. The molecule has 0 aliphatic carbocycles. The lowest BCUT2D eigenvalue weighted by Crippen LogP contribution is -2.39. The number of hydrogen-bond donors (Lipinski definition) is 1. The summed E-state index contributed by atoms with van der Waals surface area (Å²) < 4.78 is 27.8. The van der Waals surface area contributed by atoms with Crippen LogP contribution in [0.1, 0.15) is 29.4 Å². The molecule has 0 bridgehead atoms. The Labute approximate surface area is 210 Å². The summed E-state index contributed by atoms with van der Waals surface area (Å²) in [5.74, 6) is -0.556. The van der Waals surface area contributed by atoms with E-state index in [1.54, 1.807) is 30.3 Å². The fourth-order valence-electron chi connectivity index (χ4n) is 3.72. The van der Waals surface area contributed by atoms with Crippen molar-refractivity contribution in [2.24, 2.45) is 5.10 Å². The highest BCUT2D eigenvalue weighted by Crippen LogP contribution is 2.28. The second-order valence-electron chi connectivity index (χ2n) is 7.80. The van der Waals surface area contributed by atoms with E-state index in [2.05, 4.69) is 10.5 Å². The number of aromatic nitrogens is 1. The number of carbonyl (C=O) groups excluding carboxylic acids is 1. The maximum atomic E-state index is 12.6. The van der Waals surface area contributed by atoms with Gasteiger partial charge in [0.1, 0.15) is 6.54 Å². The molecule has 0 saturated heterocycles. The van der Waals surface area contributed by atoms with Gasteiger partial charge in [0.25, 0.3) is 5.91 Å². The summed E-state index contributed by atoms with van der Waals surface area (Å²) in [4.78, 5) is 12.6. The molecule has 3 rings (SSSR count). The van der Waals surface area contributed by atoms with Gasteiger partial charge < -0.3 is 4.57 Å². The molecule has 0 saturated carbocycles. The van der Waals surface area contributed by atoms with E-state index in [1.165, 1.54) is 6.21 Å². The molecule has 7 nitrogen and oxygen atoms in total. The number of carbonyl (C=O) groups is 1. The summed E-state index contributed by atoms with van der Waals surface area (Å²) in [5, 5.41) is 5.16. The first-order valence-corrected chi connectivity index (χ1v) is 13.1. The fourth-order valence-corrected chi connectivity index (χ4v) is 4.98. The number of aryl methyl sites for hydroxylation is 2. The van der Waals surface area contributed by atoms with E-state index in [9.17, 15) is 13.2 Å². The van der Waals surface area contributed by atoms with Crippen molar-refractivity contribution < 1.29 is 13.2 Å². The van der Waals surface area contributed by atoms with Gasteiger partial charge in [0, 0.05) is 22.0 Å². The van der Waals surface area contributed by atoms with Crippen LogP contribution in [-0.4, -0.2) is 37.9 Å². The molecule has 180 valence electrons. The van der Waals surface area contributed by atoms with Gasteiger partial charge in [-0.25, -0.2) is 13.8 Å². The minimum atomic E-state index is -3.68. The topological polar surface area (TPSA) is 83.8 Å². The summed E-state index contributed by atoms with van der Waals surface area (Å²) in [6.07, 6.45) is 3.22. The molecular formula is C24H26Cl2N4O3S. The molecule has 2 aromatic carbocycles. The standard InChI is InChI=1S/C24H26Cl2N4O3S/c1-5-18-8-6-7-9-22(18)29(34(4,32)33)15-24(31)28-27-14-19-12-16(2)30(17(19)3)23-13-20(25)10-11-21(23)26/h6-14H,5,15H2,1-4H3,(H,28,31)/b27-14+. The van der Waals surface area contributed by atoms with Crippen molar-refractivity contribution in [2.75, 3.05) is 17.1 Å². The van der Waals surface area contributed by atoms with Gasteiger partial charge in [0.15, 0.2) is 0 Å². The van der Waals surface area contributed by atoms with Crippen molar-refractivity contribution in [1.82, 2.24) is 9.99 Å². The van der Waals surface area contributed by atoms with Gasteiger partial charge in [0.2, 0.25) is 10.0 Å². The van der Waals surface area contributed by atoms with Crippen molar-refractivity contribution in [2.45, 2.75) is 27.2 Å². The average molecular weight is 521 g/mol. The second-order valence-corrected chi connectivity index (χ2v) is 10.6. The van der Waals surface area contributed by atoms with Gasteiger partial charge >= 0.3 is 0 Å². The van der Waals surface area contributed by atoms with E-state index in [0.717, 1.165) is 38.8 Å².